The number of rotatable bonds is 7. The smallest absolute Gasteiger partial charge is 0.335 e. The summed E-state index contributed by atoms with van der Waals surface area (Å²) in [5.74, 6) is -0.534. The highest BCUT2D eigenvalue weighted by Crippen LogP contribution is 2.32. The van der Waals surface area contributed by atoms with Crippen LogP contribution >= 0.6 is 11.8 Å². The molecule has 5 nitrogen and oxygen atoms in total. The monoisotopic (exact) mass is 372 g/mol. The number of hydrogen-bond donors (Lipinski definition) is 1. The highest BCUT2D eigenvalue weighted by atomic mass is 32.2. The van der Waals surface area contributed by atoms with Gasteiger partial charge in [-0.2, -0.15) is 0 Å². The van der Waals surface area contributed by atoms with E-state index in [0.717, 1.165) is 24.2 Å². The van der Waals surface area contributed by atoms with Crippen molar-refractivity contribution in [3.63, 3.8) is 0 Å². The lowest BCUT2D eigenvalue weighted by Crippen LogP contribution is -2.06. The summed E-state index contributed by atoms with van der Waals surface area (Å²) in [5.41, 5.74) is 0.558. The highest BCUT2D eigenvalue weighted by molar-refractivity contribution is 7.98. The number of benzene rings is 2. The predicted octanol–water partition coefficient (Wildman–Crippen LogP) is 4.94. The van der Waals surface area contributed by atoms with E-state index in [4.69, 9.17) is 14.3 Å². The van der Waals surface area contributed by atoms with E-state index < -0.39 is 5.97 Å². The average Bonchev–Trinajstić information content (AvgIpc) is 2.65. The lowest BCUT2D eigenvalue weighted by molar-refractivity contribution is 0.0697. The van der Waals surface area contributed by atoms with Gasteiger partial charge in [-0.25, -0.2) is 4.79 Å². The number of hydrogen-bond acceptors (Lipinski definition) is 5. The number of thioether (sulfide) groups is 1. The van der Waals surface area contributed by atoms with Gasteiger partial charge in [-0.3, -0.25) is 4.79 Å². The second kappa shape index (κ2) is 7.83. The summed E-state index contributed by atoms with van der Waals surface area (Å²) < 4.78 is 11.8. The SMILES string of the molecule is CCCCCOc1cc(SC)cc2c(=O)c3cc(C(=O)O)ccc3oc12. The van der Waals surface area contributed by atoms with Gasteiger partial charge in [0.25, 0.3) is 0 Å². The Morgan fingerprint density at radius 1 is 1.19 bits per heavy atom. The molecular weight excluding hydrogens is 352 g/mol. The Bertz CT molecular complexity index is 1020. The van der Waals surface area contributed by atoms with Crippen LogP contribution in [0.2, 0.25) is 0 Å². The third-order valence-electron chi connectivity index (χ3n) is 4.20. The summed E-state index contributed by atoms with van der Waals surface area (Å²) in [4.78, 5) is 25.0. The van der Waals surface area contributed by atoms with Gasteiger partial charge in [-0.05, 0) is 43.0 Å². The Labute approximate surface area is 155 Å². The van der Waals surface area contributed by atoms with Crippen molar-refractivity contribution in [2.75, 3.05) is 12.9 Å². The fourth-order valence-corrected chi connectivity index (χ4v) is 3.26. The molecule has 0 unspecified atom stereocenters. The van der Waals surface area contributed by atoms with E-state index in [1.165, 1.54) is 30.0 Å². The summed E-state index contributed by atoms with van der Waals surface area (Å²) in [6.07, 6.45) is 5.03. The molecule has 26 heavy (non-hydrogen) atoms. The fourth-order valence-electron chi connectivity index (χ4n) is 2.79. The van der Waals surface area contributed by atoms with Crippen LogP contribution in [0.5, 0.6) is 5.75 Å². The van der Waals surface area contributed by atoms with Crippen molar-refractivity contribution in [2.45, 2.75) is 31.1 Å². The molecule has 136 valence electrons. The molecule has 1 N–H and O–H groups in total. The van der Waals surface area contributed by atoms with Crippen LogP contribution in [0.25, 0.3) is 21.9 Å². The summed E-state index contributed by atoms with van der Waals surface area (Å²) in [6.45, 7) is 2.68. The molecule has 1 heterocycles. The lowest BCUT2D eigenvalue weighted by atomic mass is 10.1. The summed E-state index contributed by atoms with van der Waals surface area (Å²) in [5, 5.41) is 9.82. The van der Waals surface area contributed by atoms with E-state index >= 15 is 0 Å². The van der Waals surface area contributed by atoms with Gasteiger partial charge in [-0.1, -0.05) is 19.8 Å². The first-order chi connectivity index (χ1) is 12.5. The Hall–Kier alpha value is -2.47. The minimum atomic E-state index is -1.08. The van der Waals surface area contributed by atoms with Crippen molar-refractivity contribution in [3.05, 3.63) is 46.1 Å². The molecule has 6 heteroatoms. The number of unbranched alkanes of at least 4 members (excludes halogenated alkanes) is 2. The summed E-state index contributed by atoms with van der Waals surface area (Å²) >= 11 is 1.51. The molecule has 0 saturated heterocycles. The molecule has 0 spiro atoms. The van der Waals surface area contributed by atoms with E-state index in [-0.39, 0.29) is 16.4 Å². The topological polar surface area (TPSA) is 76.7 Å². The quantitative estimate of drug-likeness (QED) is 0.360. The van der Waals surface area contributed by atoms with Gasteiger partial charge >= 0.3 is 5.97 Å². The fraction of sp³-hybridized carbons (Fsp3) is 0.300. The van der Waals surface area contributed by atoms with Crippen LogP contribution in [0.3, 0.4) is 0 Å². The zero-order chi connectivity index (χ0) is 18.7. The maximum atomic E-state index is 12.9. The summed E-state index contributed by atoms with van der Waals surface area (Å²) in [6, 6.07) is 7.94. The first-order valence-corrected chi connectivity index (χ1v) is 9.72. The van der Waals surface area contributed by atoms with Crippen LogP contribution < -0.4 is 10.2 Å². The molecule has 0 saturated carbocycles. The number of ether oxygens (including phenoxy) is 1. The van der Waals surface area contributed by atoms with Crippen LogP contribution in [-0.4, -0.2) is 23.9 Å². The zero-order valence-electron chi connectivity index (χ0n) is 14.7. The predicted molar refractivity (Wildman–Crippen MR) is 104 cm³/mol. The van der Waals surface area contributed by atoms with Crippen LogP contribution in [0, 0.1) is 0 Å². The van der Waals surface area contributed by atoms with Crippen LogP contribution in [0.4, 0.5) is 0 Å². The maximum Gasteiger partial charge on any atom is 0.335 e. The molecule has 3 aromatic rings. The molecule has 0 aliphatic rings. The van der Waals surface area contributed by atoms with Crippen molar-refractivity contribution in [2.24, 2.45) is 0 Å². The van der Waals surface area contributed by atoms with E-state index in [1.54, 1.807) is 6.07 Å². The molecular formula is C20H20O5S. The van der Waals surface area contributed by atoms with Gasteiger partial charge in [0.05, 0.1) is 22.9 Å². The van der Waals surface area contributed by atoms with Gasteiger partial charge in [0.1, 0.15) is 5.58 Å². The Morgan fingerprint density at radius 3 is 2.69 bits per heavy atom. The molecule has 0 amide bonds. The van der Waals surface area contributed by atoms with Gasteiger partial charge in [-0.15, -0.1) is 11.8 Å². The number of carboxylic acids is 1. The Kier molecular flexibility index (Phi) is 5.52. The van der Waals surface area contributed by atoms with E-state index in [9.17, 15) is 9.59 Å². The molecule has 0 aliphatic carbocycles. The largest absolute Gasteiger partial charge is 0.490 e. The molecule has 1 aromatic heterocycles. The average molecular weight is 372 g/mol. The van der Waals surface area contributed by atoms with Gasteiger partial charge in [0, 0.05) is 4.90 Å². The standard InChI is InChI=1S/C20H20O5S/c1-3-4-5-8-24-17-11-13(26-2)10-15-18(21)14-9-12(20(22)23)6-7-16(14)25-19(15)17/h6-7,9-11H,3-5,8H2,1-2H3,(H,22,23). The molecule has 0 radical (unpaired) electrons. The molecule has 0 atom stereocenters. The van der Waals surface area contributed by atoms with Crippen LogP contribution in [0.1, 0.15) is 36.5 Å². The third kappa shape index (κ3) is 3.55. The van der Waals surface area contributed by atoms with Crippen molar-refractivity contribution < 1.29 is 19.1 Å². The molecule has 3 rings (SSSR count). The second-order valence-corrected chi connectivity index (χ2v) is 6.88. The lowest BCUT2D eigenvalue weighted by Gasteiger charge is -2.11. The molecule has 0 bridgehead atoms. The van der Waals surface area contributed by atoms with Crippen molar-refractivity contribution in [1.82, 2.24) is 0 Å². The van der Waals surface area contributed by atoms with E-state index in [2.05, 4.69) is 6.92 Å². The van der Waals surface area contributed by atoms with E-state index in [0.29, 0.717) is 28.9 Å². The first-order valence-electron chi connectivity index (χ1n) is 8.50. The number of carbonyl (C=O) groups is 1. The van der Waals surface area contributed by atoms with Crippen molar-refractivity contribution in [1.29, 1.82) is 0 Å². The normalized spacial score (nSPS) is 11.2. The van der Waals surface area contributed by atoms with E-state index in [1.807, 2.05) is 12.3 Å². The summed E-state index contributed by atoms with van der Waals surface area (Å²) in [7, 11) is 0. The molecule has 0 fully saturated rings. The number of aromatic carboxylic acids is 1. The first kappa shape index (κ1) is 18.3. The van der Waals surface area contributed by atoms with Crippen LogP contribution in [0.15, 0.2) is 44.4 Å². The Morgan fingerprint density at radius 2 is 2.00 bits per heavy atom. The zero-order valence-corrected chi connectivity index (χ0v) is 15.5. The van der Waals surface area contributed by atoms with Gasteiger partial charge < -0.3 is 14.3 Å². The minimum Gasteiger partial charge on any atom is -0.490 e. The Balaban J connectivity index is 2.19. The van der Waals surface area contributed by atoms with Crippen LogP contribution in [-0.2, 0) is 0 Å². The van der Waals surface area contributed by atoms with Crippen molar-refractivity contribution >= 4 is 39.7 Å². The number of carboxylic acid groups (broad SMARTS) is 1. The second-order valence-electron chi connectivity index (χ2n) is 6.01. The van der Waals surface area contributed by atoms with Gasteiger partial charge in [0.15, 0.2) is 11.3 Å². The van der Waals surface area contributed by atoms with Crippen molar-refractivity contribution in [3.8, 4) is 5.75 Å². The number of fused-ring (bicyclic) bond motifs is 2. The highest BCUT2D eigenvalue weighted by Gasteiger charge is 2.15. The van der Waals surface area contributed by atoms with Gasteiger partial charge in [0.2, 0.25) is 5.43 Å². The third-order valence-corrected chi connectivity index (χ3v) is 4.90. The maximum absolute atomic E-state index is 12.9. The molecule has 0 aliphatic heterocycles. The molecule has 2 aromatic carbocycles. The minimum absolute atomic E-state index is 0.0567.